The normalized spacial score (nSPS) is 22.3. The number of fused-ring (bicyclic) bond motifs is 3. The average molecular weight is 348 g/mol. The summed E-state index contributed by atoms with van der Waals surface area (Å²) >= 11 is 0. The highest BCUT2D eigenvalue weighted by atomic mass is 16.2. The van der Waals surface area contributed by atoms with Crippen molar-refractivity contribution < 1.29 is 9.59 Å². The van der Waals surface area contributed by atoms with Gasteiger partial charge in [-0.05, 0) is 35.4 Å². The molecule has 134 valence electrons. The summed E-state index contributed by atoms with van der Waals surface area (Å²) in [5, 5.41) is 3.15. The van der Waals surface area contributed by atoms with Gasteiger partial charge in [-0.25, -0.2) is 0 Å². The fourth-order valence-corrected chi connectivity index (χ4v) is 4.21. The van der Waals surface area contributed by atoms with Crippen LogP contribution in [0.25, 0.3) is 0 Å². The number of carbonyl (C=O) groups excluding carboxylic acids is 2. The van der Waals surface area contributed by atoms with E-state index in [4.69, 9.17) is 0 Å². The summed E-state index contributed by atoms with van der Waals surface area (Å²) < 4.78 is 0. The molecule has 0 bridgehead atoms. The number of nitrogens with zero attached hydrogens (tertiary/aromatic N) is 1. The number of benzene rings is 2. The van der Waals surface area contributed by atoms with Gasteiger partial charge in [-0.15, -0.1) is 0 Å². The van der Waals surface area contributed by atoms with Crippen molar-refractivity contribution in [2.24, 2.45) is 5.92 Å². The summed E-state index contributed by atoms with van der Waals surface area (Å²) in [7, 11) is 0. The van der Waals surface area contributed by atoms with Gasteiger partial charge in [0.2, 0.25) is 11.8 Å². The molecule has 26 heavy (non-hydrogen) atoms. The van der Waals surface area contributed by atoms with Gasteiger partial charge in [0.25, 0.3) is 0 Å². The van der Waals surface area contributed by atoms with Crippen LogP contribution < -0.4 is 5.32 Å². The Kier molecular flexibility index (Phi) is 4.49. The van der Waals surface area contributed by atoms with E-state index in [9.17, 15) is 9.59 Å². The molecule has 0 spiro atoms. The summed E-state index contributed by atoms with van der Waals surface area (Å²) in [5.74, 6) is 0.888. The zero-order valence-electron chi connectivity index (χ0n) is 15.0. The largest absolute Gasteiger partial charge is 0.351 e. The summed E-state index contributed by atoms with van der Waals surface area (Å²) in [4.78, 5) is 26.0. The van der Waals surface area contributed by atoms with E-state index in [-0.39, 0.29) is 24.4 Å². The molecule has 0 aliphatic heterocycles. The molecule has 4 nitrogen and oxygen atoms in total. The van der Waals surface area contributed by atoms with Crippen molar-refractivity contribution in [3.8, 4) is 0 Å². The maximum Gasteiger partial charge on any atom is 0.239 e. The van der Waals surface area contributed by atoms with E-state index in [0.717, 1.165) is 12.8 Å². The van der Waals surface area contributed by atoms with Crippen LogP contribution in [0.15, 0.2) is 54.6 Å². The van der Waals surface area contributed by atoms with Crippen LogP contribution in [0.5, 0.6) is 0 Å². The van der Waals surface area contributed by atoms with Gasteiger partial charge in [-0.3, -0.25) is 9.59 Å². The van der Waals surface area contributed by atoms with Crippen LogP contribution in [0.4, 0.5) is 0 Å². The van der Waals surface area contributed by atoms with Crippen molar-refractivity contribution in [3.05, 3.63) is 71.3 Å². The highest BCUT2D eigenvalue weighted by Crippen LogP contribution is 2.56. The Balaban J connectivity index is 1.30. The fraction of sp³-hybridized carbons (Fsp3) is 0.364. The molecule has 0 heterocycles. The lowest BCUT2D eigenvalue weighted by atomic mass is 10.1. The number of amides is 2. The zero-order chi connectivity index (χ0) is 18.1. The molecule has 2 aliphatic rings. The molecule has 0 saturated heterocycles. The molecule has 2 amide bonds. The molecule has 2 aromatic carbocycles. The molecule has 3 unspecified atom stereocenters. The Morgan fingerprint density at radius 2 is 1.81 bits per heavy atom. The quantitative estimate of drug-likeness (QED) is 0.872. The molecular formula is C22H24N2O2. The predicted octanol–water partition coefficient (Wildman–Crippen LogP) is 2.53. The van der Waals surface area contributed by atoms with Gasteiger partial charge in [0.15, 0.2) is 0 Å². The Hall–Kier alpha value is -2.62. The summed E-state index contributed by atoms with van der Waals surface area (Å²) in [6.45, 7) is 2.23. The highest BCUT2D eigenvalue weighted by molar-refractivity contribution is 5.84. The van der Waals surface area contributed by atoms with Crippen LogP contribution in [0.1, 0.15) is 29.5 Å². The van der Waals surface area contributed by atoms with Gasteiger partial charge < -0.3 is 10.2 Å². The molecule has 0 aromatic heterocycles. The van der Waals surface area contributed by atoms with Crippen LogP contribution in [0, 0.1) is 5.92 Å². The SMILES string of the molecule is CC(=O)N(CCc1ccccc1)CC(=O)NC1C2Cc3ccccc3C21. The molecular weight excluding hydrogens is 324 g/mol. The van der Waals surface area contributed by atoms with Crippen LogP contribution in [0.2, 0.25) is 0 Å². The third kappa shape index (κ3) is 3.36. The summed E-state index contributed by atoms with van der Waals surface area (Å²) in [5.41, 5.74) is 3.98. The summed E-state index contributed by atoms with van der Waals surface area (Å²) in [6.07, 6.45) is 1.81. The minimum Gasteiger partial charge on any atom is -0.351 e. The monoisotopic (exact) mass is 348 g/mol. The maximum atomic E-state index is 12.5. The van der Waals surface area contributed by atoms with E-state index in [0.29, 0.717) is 18.4 Å². The lowest BCUT2D eigenvalue weighted by molar-refractivity contribution is -0.134. The topological polar surface area (TPSA) is 49.4 Å². The number of hydrogen-bond acceptors (Lipinski definition) is 2. The van der Waals surface area contributed by atoms with Crippen molar-refractivity contribution in [1.29, 1.82) is 0 Å². The predicted molar refractivity (Wildman–Crippen MR) is 101 cm³/mol. The minimum absolute atomic E-state index is 0.0508. The smallest absolute Gasteiger partial charge is 0.239 e. The van der Waals surface area contributed by atoms with Gasteiger partial charge in [0, 0.05) is 25.4 Å². The third-order valence-electron chi connectivity index (χ3n) is 5.66. The lowest BCUT2D eigenvalue weighted by Crippen LogP contribution is -2.42. The van der Waals surface area contributed by atoms with E-state index in [1.54, 1.807) is 4.90 Å². The van der Waals surface area contributed by atoms with Crippen LogP contribution in [-0.4, -0.2) is 35.8 Å². The van der Waals surface area contributed by atoms with Crippen LogP contribution >= 0.6 is 0 Å². The molecule has 0 radical (unpaired) electrons. The molecule has 1 saturated carbocycles. The van der Waals surface area contributed by atoms with Crippen molar-refractivity contribution in [2.45, 2.75) is 31.7 Å². The van der Waals surface area contributed by atoms with Crippen molar-refractivity contribution in [1.82, 2.24) is 10.2 Å². The number of hydrogen-bond donors (Lipinski definition) is 1. The second-order valence-corrected chi connectivity index (χ2v) is 7.36. The molecule has 2 aromatic rings. The van der Waals surface area contributed by atoms with E-state index in [1.165, 1.54) is 23.6 Å². The van der Waals surface area contributed by atoms with Crippen molar-refractivity contribution >= 4 is 11.8 Å². The Bertz CT molecular complexity index is 818. The van der Waals surface area contributed by atoms with Crippen molar-refractivity contribution in [2.75, 3.05) is 13.1 Å². The lowest BCUT2D eigenvalue weighted by Gasteiger charge is -2.21. The van der Waals surface area contributed by atoms with E-state index < -0.39 is 0 Å². The number of carbonyl (C=O) groups is 2. The molecule has 1 fully saturated rings. The Morgan fingerprint density at radius 1 is 1.08 bits per heavy atom. The first-order valence-electron chi connectivity index (χ1n) is 9.30. The Labute approximate surface area is 154 Å². The molecule has 3 atom stereocenters. The zero-order valence-corrected chi connectivity index (χ0v) is 15.0. The first kappa shape index (κ1) is 16.8. The van der Waals surface area contributed by atoms with E-state index >= 15 is 0 Å². The first-order valence-corrected chi connectivity index (χ1v) is 9.30. The molecule has 2 aliphatic carbocycles. The first-order chi connectivity index (χ1) is 12.6. The number of rotatable bonds is 6. The fourth-order valence-electron chi connectivity index (χ4n) is 4.21. The molecule has 4 heteroatoms. The van der Waals surface area contributed by atoms with Gasteiger partial charge in [0.1, 0.15) is 0 Å². The van der Waals surface area contributed by atoms with Gasteiger partial charge >= 0.3 is 0 Å². The van der Waals surface area contributed by atoms with Crippen LogP contribution in [-0.2, 0) is 22.4 Å². The van der Waals surface area contributed by atoms with Gasteiger partial charge in [-0.1, -0.05) is 54.6 Å². The Morgan fingerprint density at radius 3 is 2.58 bits per heavy atom. The minimum atomic E-state index is -0.0579. The van der Waals surface area contributed by atoms with Crippen LogP contribution in [0.3, 0.4) is 0 Å². The standard InChI is InChI=1S/C22H24N2O2/c1-15(25)24(12-11-16-7-3-2-4-8-16)14-20(26)23-22-19-13-17-9-5-6-10-18(17)21(19)22/h2-10,19,21-22H,11-14H2,1H3,(H,23,26). The number of nitrogens with one attached hydrogen (secondary N) is 1. The summed E-state index contributed by atoms with van der Waals surface area (Å²) in [6, 6.07) is 18.8. The maximum absolute atomic E-state index is 12.5. The molecule has 4 rings (SSSR count). The third-order valence-corrected chi connectivity index (χ3v) is 5.66. The van der Waals surface area contributed by atoms with Gasteiger partial charge in [0.05, 0.1) is 6.54 Å². The van der Waals surface area contributed by atoms with E-state index in [2.05, 4.69) is 29.6 Å². The highest BCUT2D eigenvalue weighted by Gasteiger charge is 2.56. The average Bonchev–Trinajstić information content (AvgIpc) is 3.15. The second-order valence-electron chi connectivity index (χ2n) is 7.36. The second kappa shape index (κ2) is 6.94. The van der Waals surface area contributed by atoms with Crippen molar-refractivity contribution in [3.63, 3.8) is 0 Å². The molecule has 1 N–H and O–H groups in total. The van der Waals surface area contributed by atoms with Gasteiger partial charge in [-0.2, -0.15) is 0 Å². The van der Waals surface area contributed by atoms with E-state index in [1.807, 2.05) is 30.3 Å².